The summed E-state index contributed by atoms with van der Waals surface area (Å²) < 4.78 is 0. The molecule has 3 heterocycles. The third-order valence-electron chi connectivity index (χ3n) is 5.19. The molecule has 3 N–H and O–H groups in total. The van der Waals surface area contributed by atoms with Crippen LogP contribution in [0.5, 0.6) is 0 Å². The Bertz CT molecular complexity index is 825. The first-order chi connectivity index (χ1) is 12.8. The molecule has 0 amide bonds. The van der Waals surface area contributed by atoms with Crippen molar-refractivity contribution in [1.29, 1.82) is 0 Å². The molecule has 0 aromatic carbocycles. The quantitative estimate of drug-likeness (QED) is 0.640. The lowest BCUT2D eigenvalue weighted by Crippen LogP contribution is -2.33. The Morgan fingerprint density at radius 2 is 2.19 bits per heavy atom. The van der Waals surface area contributed by atoms with Gasteiger partial charge in [0.2, 0.25) is 0 Å². The lowest BCUT2D eigenvalue weighted by Gasteiger charge is -2.34. The Morgan fingerprint density at radius 1 is 1.23 bits per heavy atom. The summed E-state index contributed by atoms with van der Waals surface area (Å²) in [6, 6.07) is 6.59. The fourth-order valence-electron chi connectivity index (χ4n) is 3.92. The van der Waals surface area contributed by atoms with Crippen LogP contribution in [0.1, 0.15) is 48.8 Å². The number of unbranched alkanes of at least 4 members (excludes halogenated alkanes) is 1. The smallest absolute Gasteiger partial charge is 0.121 e. The number of H-pyrrole nitrogens is 1. The number of hydrogen-bond donors (Lipinski definition) is 2. The van der Waals surface area contributed by atoms with E-state index in [9.17, 15) is 0 Å². The molecule has 0 spiro atoms. The lowest BCUT2D eigenvalue weighted by molar-refractivity contribution is 0.159. The molecule has 0 saturated carbocycles. The van der Waals surface area contributed by atoms with Crippen molar-refractivity contribution < 1.29 is 0 Å². The Kier molecular flexibility index (Phi) is 5.22. The fourth-order valence-corrected chi connectivity index (χ4v) is 3.92. The van der Waals surface area contributed by atoms with Crippen LogP contribution in [0.25, 0.3) is 11.0 Å². The summed E-state index contributed by atoms with van der Waals surface area (Å²) in [5.74, 6) is 0.990. The van der Waals surface area contributed by atoms with Gasteiger partial charge >= 0.3 is 0 Å². The second kappa shape index (κ2) is 7.93. The minimum Gasteiger partial charge on any atom is -0.341 e. The molecule has 136 valence electrons. The third kappa shape index (κ3) is 3.61. The van der Waals surface area contributed by atoms with Crippen LogP contribution < -0.4 is 5.73 Å². The predicted octanol–water partition coefficient (Wildman–Crippen LogP) is 2.97. The largest absolute Gasteiger partial charge is 0.341 e. The third-order valence-corrected chi connectivity index (χ3v) is 5.19. The van der Waals surface area contributed by atoms with Gasteiger partial charge in [0, 0.05) is 12.4 Å². The maximum atomic E-state index is 5.72. The second-order valence-corrected chi connectivity index (χ2v) is 7.00. The van der Waals surface area contributed by atoms with Crippen molar-refractivity contribution >= 4 is 11.0 Å². The van der Waals surface area contributed by atoms with E-state index >= 15 is 0 Å². The number of aryl methyl sites for hydroxylation is 1. The number of imidazole rings is 1. The Balaban J connectivity index is 1.60. The van der Waals surface area contributed by atoms with E-state index in [-0.39, 0.29) is 0 Å². The maximum Gasteiger partial charge on any atom is 0.121 e. The first kappa shape index (κ1) is 17.1. The average Bonchev–Trinajstić information content (AvgIpc) is 3.09. The zero-order chi connectivity index (χ0) is 17.8. The van der Waals surface area contributed by atoms with Gasteiger partial charge in [-0.15, -0.1) is 0 Å². The highest BCUT2D eigenvalue weighted by Gasteiger charge is 2.27. The van der Waals surface area contributed by atoms with Gasteiger partial charge in [0.15, 0.2) is 0 Å². The van der Waals surface area contributed by atoms with Crippen LogP contribution in [0.4, 0.5) is 0 Å². The number of aromatic amines is 1. The number of pyridine rings is 2. The average molecular weight is 350 g/mol. The normalized spacial score (nSPS) is 16.9. The van der Waals surface area contributed by atoms with Crippen molar-refractivity contribution in [2.24, 2.45) is 5.73 Å². The molecule has 6 nitrogen and oxygen atoms in total. The molecule has 0 radical (unpaired) electrons. The van der Waals surface area contributed by atoms with E-state index in [0.717, 1.165) is 62.2 Å². The summed E-state index contributed by atoms with van der Waals surface area (Å²) in [4.78, 5) is 19.6. The van der Waals surface area contributed by atoms with Gasteiger partial charge in [-0.3, -0.25) is 14.9 Å². The van der Waals surface area contributed by atoms with E-state index < -0.39 is 0 Å². The first-order valence-corrected chi connectivity index (χ1v) is 9.51. The number of rotatable bonds is 7. The molecule has 0 bridgehead atoms. The summed E-state index contributed by atoms with van der Waals surface area (Å²) in [5.41, 5.74) is 10.3. The summed E-state index contributed by atoms with van der Waals surface area (Å²) in [6.07, 6.45) is 11.2. The number of nitrogens with one attached hydrogen (secondary N) is 1. The highest BCUT2D eigenvalue weighted by molar-refractivity contribution is 5.73. The summed E-state index contributed by atoms with van der Waals surface area (Å²) in [7, 11) is 0. The fraction of sp³-hybridized carbons (Fsp3) is 0.450. The number of hydrogen-bond acceptors (Lipinski definition) is 5. The van der Waals surface area contributed by atoms with E-state index in [1.165, 1.54) is 17.7 Å². The van der Waals surface area contributed by atoms with Crippen molar-refractivity contribution in [2.45, 2.75) is 44.7 Å². The van der Waals surface area contributed by atoms with Crippen molar-refractivity contribution in [1.82, 2.24) is 24.8 Å². The highest BCUT2D eigenvalue weighted by Crippen LogP contribution is 2.33. The van der Waals surface area contributed by atoms with Crippen molar-refractivity contribution in [3.8, 4) is 0 Å². The zero-order valence-electron chi connectivity index (χ0n) is 15.1. The van der Waals surface area contributed by atoms with Crippen LogP contribution in [-0.4, -0.2) is 37.9 Å². The van der Waals surface area contributed by atoms with Crippen LogP contribution in [0.2, 0.25) is 0 Å². The van der Waals surface area contributed by atoms with E-state index in [2.05, 4.69) is 20.9 Å². The lowest BCUT2D eigenvalue weighted by atomic mass is 9.90. The van der Waals surface area contributed by atoms with Crippen LogP contribution in [0.15, 0.2) is 36.8 Å². The van der Waals surface area contributed by atoms with Gasteiger partial charge in [0.05, 0.1) is 30.0 Å². The van der Waals surface area contributed by atoms with E-state index in [4.69, 9.17) is 15.7 Å². The van der Waals surface area contributed by atoms with E-state index in [1.54, 1.807) is 6.20 Å². The molecule has 0 saturated heterocycles. The van der Waals surface area contributed by atoms with Crippen LogP contribution in [-0.2, 0) is 13.0 Å². The van der Waals surface area contributed by atoms with Crippen molar-refractivity contribution in [3.05, 3.63) is 53.9 Å². The Hall–Kier alpha value is -2.31. The van der Waals surface area contributed by atoms with Gasteiger partial charge in [0.25, 0.3) is 0 Å². The first-order valence-electron chi connectivity index (χ1n) is 9.51. The second-order valence-electron chi connectivity index (χ2n) is 7.00. The standard InChI is InChI=1S/C20H26N6/c21-9-1-2-12-26(14-19-24-16-8-11-22-13-17(16)25-19)18-7-3-5-15-6-4-10-23-20(15)18/h4,6,8,10-11,13,18H,1-3,5,7,9,12,14,21H2,(H,24,25). The molecule has 1 aliphatic rings. The van der Waals surface area contributed by atoms with Crippen LogP contribution in [0.3, 0.4) is 0 Å². The molecule has 0 aliphatic heterocycles. The molecular weight excluding hydrogens is 324 g/mol. The summed E-state index contributed by atoms with van der Waals surface area (Å²) in [6.45, 7) is 2.54. The number of aromatic nitrogens is 4. The van der Waals surface area contributed by atoms with Gasteiger partial charge in [-0.05, 0) is 62.9 Å². The Morgan fingerprint density at radius 3 is 3.08 bits per heavy atom. The number of fused-ring (bicyclic) bond motifs is 2. The molecule has 1 atom stereocenters. The summed E-state index contributed by atoms with van der Waals surface area (Å²) in [5, 5.41) is 0. The van der Waals surface area contributed by atoms with Gasteiger partial charge in [-0.2, -0.15) is 0 Å². The molecule has 26 heavy (non-hydrogen) atoms. The van der Waals surface area contributed by atoms with Crippen LogP contribution in [0, 0.1) is 0 Å². The minimum absolute atomic E-state index is 0.351. The monoisotopic (exact) mass is 350 g/mol. The number of nitrogens with two attached hydrogens (primary N) is 1. The molecule has 1 unspecified atom stereocenters. The highest BCUT2D eigenvalue weighted by atomic mass is 15.2. The van der Waals surface area contributed by atoms with Gasteiger partial charge < -0.3 is 10.7 Å². The topological polar surface area (TPSA) is 83.7 Å². The SMILES string of the molecule is NCCCCN(Cc1nc2cnccc2[nH]1)C1CCCc2cccnc21. The molecule has 3 aromatic rings. The van der Waals surface area contributed by atoms with Gasteiger partial charge in [0.1, 0.15) is 11.3 Å². The molecule has 1 aliphatic carbocycles. The van der Waals surface area contributed by atoms with Gasteiger partial charge in [-0.25, -0.2) is 4.98 Å². The zero-order valence-corrected chi connectivity index (χ0v) is 15.1. The van der Waals surface area contributed by atoms with Gasteiger partial charge in [-0.1, -0.05) is 6.07 Å². The predicted molar refractivity (Wildman–Crippen MR) is 103 cm³/mol. The molecule has 0 fully saturated rings. The van der Waals surface area contributed by atoms with Crippen molar-refractivity contribution in [3.63, 3.8) is 0 Å². The van der Waals surface area contributed by atoms with E-state index in [1.807, 2.05) is 24.5 Å². The number of nitrogens with zero attached hydrogens (tertiary/aromatic N) is 4. The van der Waals surface area contributed by atoms with Crippen LogP contribution >= 0.6 is 0 Å². The minimum atomic E-state index is 0.351. The van der Waals surface area contributed by atoms with Crippen molar-refractivity contribution in [2.75, 3.05) is 13.1 Å². The Labute approximate surface area is 153 Å². The molecule has 3 aromatic heterocycles. The molecular formula is C20H26N6. The molecule has 6 heteroatoms. The summed E-state index contributed by atoms with van der Waals surface area (Å²) >= 11 is 0. The molecule has 4 rings (SSSR count). The maximum absolute atomic E-state index is 5.72. The van der Waals surface area contributed by atoms with E-state index in [0.29, 0.717) is 6.04 Å².